The Labute approximate surface area is 185 Å². The predicted molar refractivity (Wildman–Crippen MR) is 120 cm³/mol. The second kappa shape index (κ2) is 8.55. The molecule has 3 aromatic rings. The quantitative estimate of drug-likeness (QED) is 0.373. The van der Waals surface area contributed by atoms with Crippen molar-refractivity contribution in [3.8, 4) is 11.5 Å². The van der Waals surface area contributed by atoms with Gasteiger partial charge in [-0.3, -0.25) is 14.5 Å². The SMILES string of the molecule is COc1ccc(C2C(=C(O)c3ccc(C)cc3)C(=O)C(=O)N2c2ccccn2)cc1OC. The molecule has 1 unspecified atom stereocenters. The number of rotatable bonds is 5. The van der Waals surface area contributed by atoms with Crippen molar-refractivity contribution in [2.75, 3.05) is 19.1 Å². The lowest BCUT2D eigenvalue weighted by atomic mass is 9.94. The molecule has 0 spiro atoms. The summed E-state index contributed by atoms with van der Waals surface area (Å²) in [7, 11) is 3.03. The van der Waals surface area contributed by atoms with Crippen LogP contribution in [-0.2, 0) is 9.59 Å². The summed E-state index contributed by atoms with van der Waals surface area (Å²) in [4.78, 5) is 31.8. The fourth-order valence-electron chi connectivity index (χ4n) is 3.77. The Morgan fingerprint density at radius 1 is 0.969 bits per heavy atom. The average Bonchev–Trinajstić information content (AvgIpc) is 3.09. The van der Waals surface area contributed by atoms with Crippen molar-refractivity contribution < 1.29 is 24.2 Å². The molecule has 1 aliphatic heterocycles. The molecule has 0 radical (unpaired) electrons. The van der Waals surface area contributed by atoms with Gasteiger partial charge in [0.25, 0.3) is 5.78 Å². The van der Waals surface area contributed by atoms with Crippen molar-refractivity contribution in [2.45, 2.75) is 13.0 Å². The normalized spacial score (nSPS) is 17.5. The van der Waals surface area contributed by atoms with Crippen LogP contribution < -0.4 is 14.4 Å². The van der Waals surface area contributed by atoms with Crippen LogP contribution in [0.3, 0.4) is 0 Å². The molecule has 1 aromatic heterocycles. The number of carbonyl (C=O) groups excluding carboxylic acids is 2. The standard InChI is InChI=1S/C25H22N2O5/c1-15-7-9-16(10-8-15)23(28)21-22(17-11-12-18(31-2)19(14-17)32-3)27(25(30)24(21)29)20-6-4-5-13-26-20/h4-14,22,28H,1-3H3. The summed E-state index contributed by atoms with van der Waals surface area (Å²) in [6.45, 7) is 1.92. The predicted octanol–water partition coefficient (Wildman–Crippen LogP) is 4.03. The third-order valence-corrected chi connectivity index (χ3v) is 5.39. The molecule has 0 aliphatic carbocycles. The minimum Gasteiger partial charge on any atom is -0.507 e. The summed E-state index contributed by atoms with van der Waals surface area (Å²) >= 11 is 0. The van der Waals surface area contributed by atoms with Crippen LogP contribution in [0.4, 0.5) is 5.82 Å². The van der Waals surface area contributed by atoms with Gasteiger partial charge in [0.05, 0.1) is 25.8 Å². The Kier molecular flexibility index (Phi) is 5.64. The van der Waals surface area contributed by atoms with E-state index in [-0.39, 0.29) is 11.3 Å². The first-order valence-corrected chi connectivity index (χ1v) is 9.97. The van der Waals surface area contributed by atoms with Gasteiger partial charge < -0.3 is 14.6 Å². The zero-order valence-electron chi connectivity index (χ0n) is 17.9. The van der Waals surface area contributed by atoms with Crippen molar-refractivity contribution in [3.05, 3.63) is 89.1 Å². The van der Waals surface area contributed by atoms with Gasteiger partial charge in [0.15, 0.2) is 11.5 Å². The number of aliphatic hydroxyl groups excluding tert-OH is 1. The van der Waals surface area contributed by atoms with Crippen LogP contribution >= 0.6 is 0 Å². The average molecular weight is 430 g/mol. The molecule has 1 fully saturated rings. The maximum absolute atomic E-state index is 13.1. The van der Waals surface area contributed by atoms with E-state index in [0.29, 0.717) is 28.4 Å². The summed E-state index contributed by atoms with van der Waals surface area (Å²) in [5.41, 5.74) is 2.00. The van der Waals surface area contributed by atoms with Gasteiger partial charge in [-0.15, -0.1) is 0 Å². The van der Waals surface area contributed by atoms with E-state index in [1.807, 2.05) is 19.1 Å². The monoisotopic (exact) mass is 430 g/mol. The topological polar surface area (TPSA) is 89.0 Å². The highest BCUT2D eigenvalue weighted by Crippen LogP contribution is 2.43. The number of ketones is 1. The van der Waals surface area contributed by atoms with Crippen LogP contribution in [0, 0.1) is 6.92 Å². The van der Waals surface area contributed by atoms with Gasteiger partial charge in [0.1, 0.15) is 11.6 Å². The molecular weight excluding hydrogens is 408 g/mol. The van der Waals surface area contributed by atoms with Crippen molar-refractivity contribution in [2.24, 2.45) is 0 Å². The van der Waals surface area contributed by atoms with Crippen molar-refractivity contribution in [1.82, 2.24) is 4.98 Å². The molecule has 1 atom stereocenters. The number of anilines is 1. The number of methoxy groups -OCH3 is 2. The lowest BCUT2D eigenvalue weighted by Crippen LogP contribution is -2.30. The number of amides is 1. The van der Waals surface area contributed by atoms with Crippen molar-refractivity contribution >= 4 is 23.3 Å². The summed E-state index contributed by atoms with van der Waals surface area (Å²) in [5.74, 6) is -0.555. The van der Waals surface area contributed by atoms with Gasteiger partial charge in [0, 0.05) is 11.8 Å². The van der Waals surface area contributed by atoms with Crippen LogP contribution in [0.1, 0.15) is 22.7 Å². The Morgan fingerprint density at radius 3 is 2.31 bits per heavy atom. The van der Waals surface area contributed by atoms with E-state index < -0.39 is 17.7 Å². The number of nitrogens with zero attached hydrogens (tertiary/aromatic N) is 2. The lowest BCUT2D eigenvalue weighted by Gasteiger charge is -2.25. The highest BCUT2D eigenvalue weighted by atomic mass is 16.5. The molecule has 2 aromatic carbocycles. The molecule has 4 rings (SSSR count). The largest absolute Gasteiger partial charge is 0.507 e. The van der Waals surface area contributed by atoms with E-state index >= 15 is 0 Å². The number of aryl methyl sites for hydroxylation is 1. The molecule has 32 heavy (non-hydrogen) atoms. The van der Waals surface area contributed by atoms with E-state index in [2.05, 4.69) is 4.98 Å². The van der Waals surface area contributed by atoms with Crippen molar-refractivity contribution in [1.29, 1.82) is 0 Å². The zero-order valence-corrected chi connectivity index (χ0v) is 17.9. The van der Waals surface area contributed by atoms with Crippen LogP contribution in [0.25, 0.3) is 5.76 Å². The third kappa shape index (κ3) is 3.58. The first-order valence-electron chi connectivity index (χ1n) is 9.97. The molecular formula is C25H22N2O5. The first kappa shape index (κ1) is 21.1. The zero-order chi connectivity index (χ0) is 22.8. The number of ether oxygens (including phenoxy) is 2. The van der Waals surface area contributed by atoms with E-state index in [1.54, 1.807) is 54.7 Å². The highest BCUT2D eigenvalue weighted by Gasteiger charge is 2.47. The minimum atomic E-state index is -0.897. The Hall–Kier alpha value is -4.13. The second-order valence-corrected chi connectivity index (χ2v) is 7.34. The summed E-state index contributed by atoms with van der Waals surface area (Å²) in [5, 5.41) is 11.1. The van der Waals surface area contributed by atoms with Gasteiger partial charge >= 0.3 is 5.91 Å². The van der Waals surface area contributed by atoms with Crippen LogP contribution in [0.5, 0.6) is 11.5 Å². The number of hydrogen-bond donors (Lipinski definition) is 1. The van der Waals surface area contributed by atoms with Gasteiger partial charge in [0.2, 0.25) is 0 Å². The Morgan fingerprint density at radius 2 is 1.69 bits per heavy atom. The fourth-order valence-corrected chi connectivity index (χ4v) is 3.77. The van der Waals surface area contributed by atoms with E-state index in [4.69, 9.17) is 9.47 Å². The molecule has 7 heteroatoms. The summed E-state index contributed by atoms with van der Waals surface area (Å²) in [6.07, 6.45) is 1.54. The number of Topliss-reactive ketones (excluding diaryl/α,β-unsaturated/α-hetero) is 1. The molecule has 0 saturated carbocycles. The summed E-state index contributed by atoms with van der Waals surface area (Å²) in [6, 6.07) is 16.4. The number of benzene rings is 2. The molecule has 1 aliphatic rings. The lowest BCUT2D eigenvalue weighted by molar-refractivity contribution is -0.132. The first-order chi connectivity index (χ1) is 15.5. The van der Waals surface area contributed by atoms with Gasteiger partial charge in [-0.25, -0.2) is 4.98 Å². The number of pyridine rings is 1. The molecule has 1 saturated heterocycles. The van der Waals surface area contributed by atoms with Gasteiger partial charge in [-0.05, 0) is 36.8 Å². The van der Waals surface area contributed by atoms with E-state index in [1.165, 1.54) is 19.1 Å². The second-order valence-electron chi connectivity index (χ2n) is 7.34. The molecule has 0 bridgehead atoms. The highest BCUT2D eigenvalue weighted by molar-refractivity contribution is 6.51. The van der Waals surface area contributed by atoms with Crippen molar-refractivity contribution in [3.63, 3.8) is 0 Å². The number of aromatic nitrogens is 1. The van der Waals surface area contributed by atoms with E-state index in [9.17, 15) is 14.7 Å². The summed E-state index contributed by atoms with van der Waals surface area (Å²) < 4.78 is 10.7. The maximum atomic E-state index is 13.1. The fraction of sp³-hybridized carbons (Fsp3) is 0.160. The number of hydrogen-bond acceptors (Lipinski definition) is 6. The number of carbonyl (C=O) groups is 2. The molecule has 1 amide bonds. The third-order valence-electron chi connectivity index (χ3n) is 5.39. The molecule has 2 heterocycles. The Bertz CT molecular complexity index is 1200. The van der Waals surface area contributed by atoms with E-state index in [0.717, 1.165) is 5.56 Å². The van der Waals surface area contributed by atoms with Gasteiger partial charge in [-0.1, -0.05) is 42.0 Å². The van der Waals surface area contributed by atoms with Crippen LogP contribution in [0.2, 0.25) is 0 Å². The maximum Gasteiger partial charge on any atom is 0.301 e. The number of aliphatic hydroxyl groups is 1. The molecule has 7 nitrogen and oxygen atoms in total. The smallest absolute Gasteiger partial charge is 0.301 e. The van der Waals surface area contributed by atoms with Crippen LogP contribution in [-0.4, -0.2) is 36.0 Å². The molecule has 1 N–H and O–H groups in total. The van der Waals surface area contributed by atoms with Gasteiger partial charge in [-0.2, -0.15) is 0 Å². The molecule has 162 valence electrons. The minimum absolute atomic E-state index is 0.0169. The Balaban J connectivity index is 1.96. The van der Waals surface area contributed by atoms with Crippen LogP contribution in [0.15, 0.2) is 72.4 Å².